The molecule has 0 aliphatic carbocycles. The first-order valence-corrected chi connectivity index (χ1v) is 0.986. The molecule has 0 aliphatic heterocycles. The Morgan fingerprint density at radius 1 is 1.25 bits per heavy atom. The molecule has 0 unspecified atom stereocenters. The summed E-state index contributed by atoms with van der Waals surface area (Å²) >= 11 is 0.700. The van der Waals surface area contributed by atoms with Crippen LogP contribution in [0, 0.1) is 0 Å². The standard InChI is InChI=1S/Li.Mo.Nb.O. The molecule has 18 valence electrons. The molecule has 0 bridgehead atoms. The van der Waals surface area contributed by atoms with Crippen LogP contribution in [-0.2, 0) is 45.6 Å². The number of rotatable bonds is 0. The maximum atomic E-state index is 8.26. The first-order valence-electron chi connectivity index (χ1n) is 0.167. The minimum atomic E-state index is 0. The summed E-state index contributed by atoms with van der Waals surface area (Å²) in [4.78, 5) is 0. The molecule has 0 saturated heterocycles. The van der Waals surface area contributed by atoms with E-state index < -0.39 is 0 Å². The van der Waals surface area contributed by atoms with E-state index >= 15 is 0 Å². The fourth-order valence-electron chi connectivity index (χ4n) is 0. The predicted molar refractivity (Wildman–Crippen MR) is 6.44 cm³/mol. The van der Waals surface area contributed by atoms with Gasteiger partial charge in [-0.1, -0.05) is 0 Å². The summed E-state index contributed by atoms with van der Waals surface area (Å²) in [6.07, 6.45) is 0. The van der Waals surface area contributed by atoms with Crippen LogP contribution in [-0.4, -0.2) is 18.9 Å². The van der Waals surface area contributed by atoms with Crippen LogP contribution in [0.5, 0.6) is 0 Å². The van der Waals surface area contributed by atoms with Crippen molar-refractivity contribution in [1.82, 2.24) is 0 Å². The molecular formula is LiMoNbO. The fourth-order valence-corrected chi connectivity index (χ4v) is 0. The van der Waals surface area contributed by atoms with E-state index in [9.17, 15) is 0 Å². The van der Waals surface area contributed by atoms with Crippen molar-refractivity contribution < 1.29 is 45.6 Å². The van der Waals surface area contributed by atoms with Crippen molar-refractivity contribution in [2.75, 3.05) is 0 Å². The van der Waals surface area contributed by atoms with E-state index in [1.54, 1.807) is 0 Å². The van der Waals surface area contributed by atoms with Gasteiger partial charge in [-0.2, -0.15) is 0 Å². The normalized spacial score (nSPS) is 1.00. The van der Waals surface area contributed by atoms with Crippen molar-refractivity contribution in [3.05, 3.63) is 0 Å². The van der Waals surface area contributed by atoms with Crippen LogP contribution in [0.1, 0.15) is 0 Å². The van der Waals surface area contributed by atoms with Crippen molar-refractivity contribution in [1.29, 1.82) is 0 Å². The minimum absolute atomic E-state index is 0. The molecule has 0 atom stereocenters. The Kier molecular flexibility index (Phi) is 90.0. The fraction of sp³-hybridized carbons (Fsp3) is 0. The van der Waals surface area contributed by atoms with Gasteiger partial charge in [-0.3, -0.25) is 0 Å². The van der Waals surface area contributed by atoms with Crippen LogP contribution in [0.25, 0.3) is 0 Å². The molecule has 0 aromatic rings. The van der Waals surface area contributed by atoms with Crippen molar-refractivity contribution in [3.8, 4) is 0 Å². The molecule has 1 nitrogen and oxygen atoms in total. The molecule has 0 saturated carbocycles. The molecule has 2 radical (unpaired) electrons. The summed E-state index contributed by atoms with van der Waals surface area (Å²) in [5.41, 5.74) is 0. The van der Waals surface area contributed by atoms with E-state index in [1.165, 1.54) is 0 Å². The Morgan fingerprint density at radius 3 is 1.25 bits per heavy atom. The van der Waals surface area contributed by atoms with E-state index in [4.69, 9.17) is 3.40 Å². The van der Waals surface area contributed by atoms with E-state index in [0.29, 0.717) is 19.8 Å². The third kappa shape index (κ3) is 9.16. The van der Waals surface area contributed by atoms with Crippen molar-refractivity contribution >= 4 is 18.9 Å². The van der Waals surface area contributed by atoms with Gasteiger partial charge in [0.25, 0.3) is 0 Å². The molecular weight excluding hydrogens is 212 g/mol. The van der Waals surface area contributed by atoms with Gasteiger partial charge in [-0.25, -0.2) is 0 Å². The summed E-state index contributed by atoms with van der Waals surface area (Å²) in [5, 5.41) is 0. The molecule has 0 spiro atoms. The molecule has 0 aromatic heterocycles. The average Bonchev–Trinajstić information content (AvgIpc) is 1.00. The van der Waals surface area contributed by atoms with Gasteiger partial charge >= 0.3 is 23.2 Å². The van der Waals surface area contributed by atoms with Gasteiger partial charge < -0.3 is 0 Å². The summed E-state index contributed by atoms with van der Waals surface area (Å²) in [6, 6.07) is 0. The van der Waals surface area contributed by atoms with Crippen molar-refractivity contribution in [2.45, 2.75) is 0 Å². The summed E-state index contributed by atoms with van der Waals surface area (Å²) < 4.78 is 8.26. The summed E-state index contributed by atoms with van der Waals surface area (Å²) in [6.45, 7) is 0. The predicted octanol–water partition coefficient (Wildman–Crippen LogP) is -0.505. The van der Waals surface area contributed by atoms with Crippen LogP contribution < -0.4 is 0 Å². The van der Waals surface area contributed by atoms with Crippen LogP contribution in [0.2, 0.25) is 0 Å². The van der Waals surface area contributed by atoms with Gasteiger partial charge in [0.2, 0.25) is 0 Å². The van der Waals surface area contributed by atoms with Crippen molar-refractivity contribution in [3.63, 3.8) is 0 Å². The molecule has 0 fully saturated rings. The van der Waals surface area contributed by atoms with E-state index in [0.717, 1.165) is 0 Å². The zero-order chi connectivity index (χ0) is 2.00. The zero-order valence-electron chi connectivity index (χ0n) is 2.26. The molecule has 0 aliphatic rings. The SMILES string of the molecule is [Li].[Nb].[O]=[Mo]. The first-order chi connectivity index (χ1) is 1.00. The Bertz CT molecular complexity index is 8.00. The third-order valence-corrected chi connectivity index (χ3v) is 0. The Balaban J connectivity index is -0.00000000500. The number of hydrogen-bond acceptors (Lipinski definition) is 1. The van der Waals surface area contributed by atoms with Crippen LogP contribution in [0.15, 0.2) is 0 Å². The second-order valence-electron chi connectivity index (χ2n) is 0. The van der Waals surface area contributed by atoms with Gasteiger partial charge in [0.05, 0.1) is 0 Å². The molecule has 0 amide bonds. The topological polar surface area (TPSA) is 17.1 Å². The molecule has 0 heterocycles. The second-order valence-corrected chi connectivity index (χ2v) is 0. The van der Waals surface area contributed by atoms with Gasteiger partial charge in [0, 0.05) is 41.2 Å². The quantitative estimate of drug-likeness (QED) is 0.494. The Hall–Kier alpha value is 1.83. The molecule has 4 heavy (non-hydrogen) atoms. The first kappa shape index (κ1) is 17.0. The van der Waals surface area contributed by atoms with E-state index in [1.807, 2.05) is 0 Å². The average molecular weight is 212 g/mol. The van der Waals surface area contributed by atoms with Gasteiger partial charge in [-0.05, 0) is 0 Å². The Labute approximate surface area is 63.8 Å². The monoisotopic (exact) mass is 214 g/mol. The molecule has 0 aromatic carbocycles. The van der Waals surface area contributed by atoms with Crippen LogP contribution in [0.3, 0.4) is 0 Å². The molecule has 4 heteroatoms. The van der Waals surface area contributed by atoms with Gasteiger partial charge in [-0.15, -0.1) is 0 Å². The maximum absolute atomic E-state index is 8.26. The van der Waals surface area contributed by atoms with Gasteiger partial charge in [0.1, 0.15) is 0 Å². The van der Waals surface area contributed by atoms with E-state index in [2.05, 4.69) is 0 Å². The van der Waals surface area contributed by atoms with Crippen LogP contribution >= 0.6 is 0 Å². The zero-order valence-corrected chi connectivity index (χ0v) is 6.47. The number of hydrogen-bond donors (Lipinski definition) is 0. The van der Waals surface area contributed by atoms with Crippen molar-refractivity contribution in [2.24, 2.45) is 0 Å². The Morgan fingerprint density at radius 2 is 1.25 bits per heavy atom. The third-order valence-electron chi connectivity index (χ3n) is 0. The molecule has 0 rings (SSSR count). The molecule has 0 N–H and O–H groups in total. The summed E-state index contributed by atoms with van der Waals surface area (Å²) in [7, 11) is 0. The summed E-state index contributed by atoms with van der Waals surface area (Å²) in [5.74, 6) is 0. The van der Waals surface area contributed by atoms with Crippen LogP contribution in [0.4, 0.5) is 0 Å². The van der Waals surface area contributed by atoms with E-state index in [-0.39, 0.29) is 41.2 Å². The van der Waals surface area contributed by atoms with Gasteiger partial charge in [0.15, 0.2) is 0 Å². The second kappa shape index (κ2) is 21.2.